The van der Waals surface area contributed by atoms with Gasteiger partial charge in [-0.1, -0.05) is 37.6 Å². The lowest BCUT2D eigenvalue weighted by molar-refractivity contribution is -0.515. The maximum atomic E-state index is 6.97. The van der Waals surface area contributed by atoms with Crippen LogP contribution in [0.3, 0.4) is 0 Å². The number of allylic oxidation sites excluding steroid dienone is 8. The van der Waals surface area contributed by atoms with Crippen molar-refractivity contribution in [2.75, 3.05) is 14.2 Å². The highest BCUT2D eigenvalue weighted by Gasteiger charge is 2.40. The number of methoxy groups -OCH3 is 2. The minimum Gasteiger partial charge on any atom is -0.497 e. The molecular weight excluding hydrogens is 480 g/mol. The van der Waals surface area contributed by atoms with Gasteiger partial charge in [0, 0.05) is 22.1 Å². The molecule has 3 aliphatic rings. The van der Waals surface area contributed by atoms with E-state index in [1.54, 1.807) is 14.2 Å². The van der Waals surface area contributed by atoms with Crippen LogP contribution >= 0.6 is 11.6 Å². The zero-order chi connectivity index (χ0) is 26.4. The topological polar surface area (TPSA) is 47.4 Å². The minimum absolute atomic E-state index is 0.0849. The highest BCUT2D eigenvalue weighted by Crippen LogP contribution is 2.43. The van der Waals surface area contributed by atoms with Crippen LogP contribution in [0.15, 0.2) is 87.6 Å². The second-order valence-electron chi connectivity index (χ2n) is 11.1. The third kappa shape index (κ3) is 4.58. The first-order valence-corrected chi connectivity index (χ1v) is 13.3. The highest BCUT2D eigenvalue weighted by molar-refractivity contribution is 6.32. The maximum absolute atomic E-state index is 6.97. The van der Waals surface area contributed by atoms with Gasteiger partial charge in [-0.15, -0.1) is 0 Å². The molecule has 1 aliphatic carbocycles. The van der Waals surface area contributed by atoms with E-state index in [-0.39, 0.29) is 10.8 Å². The molecule has 0 spiro atoms. The number of halogens is 1. The van der Waals surface area contributed by atoms with Crippen LogP contribution in [0.4, 0.5) is 11.4 Å². The van der Waals surface area contributed by atoms with Crippen LogP contribution in [0.2, 0.25) is 0 Å². The zero-order valence-corrected chi connectivity index (χ0v) is 23.4. The summed E-state index contributed by atoms with van der Waals surface area (Å²) in [5.74, 6) is 1.76. The number of hydrogen-bond donors (Lipinski definition) is 1. The van der Waals surface area contributed by atoms with Gasteiger partial charge in [-0.25, -0.2) is 0 Å². The molecule has 5 heteroatoms. The summed E-state index contributed by atoms with van der Waals surface area (Å²) in [6.45, 7) is 8.96. The molecule has 0 saturated carbocycles. The summed E-state index contributed by atoms with van der Waals surface area (Å²) in [6, 6.07) is 12.4. The van der Waals surface area contributed by atoms with Gasteiger partial charge in [0.05, 0.1) is 31.0 Å². The molecule has 2 aliphatic heterocycles. The van der Waals surface area contributed by atoms with E-state index >= 15 is 0 Å². The fraction of sp³-hybridized carbons (Fsp3) is 0.344. The first-order valence-electron chi connectivity index (χ1n) is 12.9. The molecule has 0 aromatic heterocycles. The Kier molecular flexibility index (Phi) is 6.68. The van der Waals surface area contributed by atoms with E-state index in [0.29, 0.717) is 0 Å². The van der Waals surface area contributed by atoms with Crippen LogP contribution < -0.4 is 14.8 Å². The molecule has 37 heavy (non-hydrogen) atoms. The van der Waals surface area contributed by atoms with E-state index in [1.165, 1.54) is 33.7 Å². The van der Waals surface area contributed by atoms with Gasteiger partial charge >= 0.3 is 0 Å². The molecule has 0 amide bonds. The Balaban J connectivity index is 1.39. The largest absolute Gasteiger partial charge is 0.497 e. The molecule has 2 heterocycles. The van der Waals surface area contributed by atoms with Gasteiger partial charge in [-0.2, -0.15) is 0 Å². The molecule has 0 radical (unpaired) electrons. The van der Waals surface area contributed by atoms with Gasteiger partial charge in [0.25, 0.3) is 0 Å². The van der Waals surface area contributed by atoms with Gasteiger partial charge < -0.3 is 9.47 Å². The maximum Gasteiger partial charge on any atom is 0.138 e. The molecule has 2 aromatic carbocycles. The average molecular weight is 516 g/mol. The molecule has 0 atom stereocenters. The summed E-state index contributed by atoms with van der Waals surface area (Å²) in [6.07, 6.45) is 11.8. The molecule has 2 aromatic rings. The number of nitrogens with zero attached hydrogens (tertiary/aromatic N) is 1. The lowest BCUT2D eigenvalue weighted by atomic mass is 9.81. The SMILES string of the molecule is COc1ccc2c(c1)C(C)(C)C(/C=C/C1=C(Cl)C(=C/C=C3\[NH2+]c4ccc(OC)cc4C3(C)C)/CCC1)=N2. The molecule has 0 saturated heterocycles. The second kappa shape index (κ2) is 9.66. The van der Waals surface area contributed by atoms with Crippen molar-refractivity contribution in [3.8, 4) is 11.5 Å². The fourth-order valence-corrected chi connectivity index (χ4v) is 5.88. The Bertz CT molecular complexity index is 1410. The smallest absolute Gasteiger partial charge is 0.138 e. The molecule has 4 nitrogen and oxygen atoms in total. The van der Waals surface area contributed by atoms with Crippen molar-refractivity contribution in [1.29, 1.82) is 0 Å². The van der Waals surface area contributed by atoms with Gasteiger partial charge in [-0.05, 0) is 92.3 Å². The van der Waals surface area contributed by atoms with Gasteiger partial charge in [0.1, 0.15) is 22.9 Å². The van der Waals surface area contributed by atoms with Crippen LogP contribution in [-0.2, 0) is 10.8 Å². The van der Waals surface area contributed by atoms with Crippen LogP contribution in [0.25, 0.3) is 0 Å². The monoisotopic (exact) mass is 515 g/mol. The summed E-state index contributed by atoms with van der Waals surface area (Å²) >= 11 is 6.97. The number of ether oxygens (including phenoxy) is 2. The van der Waals surface area contributed by atoms with Gasteiger partial charge in [0.2, 0.25) is 0 Å². The van der Waals surface area contributed by atoms with E-state index in [2.05, 4.69) is 75.5 Å². The van der Waals surface area contributed by atoms with E-state index in [9.17, 15) is 0 Å². The van der Waals surface area contributed by atoms with Crippen molar-refractivity contribution in [3.05, 3.63) is 93.7 Å². The first-order chi connectivity index (χ1) is 17.6. The Morgan fingerprint density at radius 1 is 0.865 bits per heavy atom. The Labute approximate surface area is 225 Å². The number of aliphatic imine (C=N–C) groups is 1. The van der Waals surface area contributed by atoms with Crippen LogP contribution in [-0.4, -0.2) is 19.9 Å². The van der Waals surface area contributed by atoms with E-state index < -0.39 is 0 Å². The van der Waals surface area contributed by atoms with Crippen LogP contribution in [0, 0.1) is 0 Å². The molecule has 0 fully saturated rings. The predicted octanol–water partition coefficient (Wildman–Crippen LogP) is 7.30. The number of hydrogen-bond acceptors (Lipinski definition) is 3. The minimum atomic E-state index is -0.188. The third-order valence-corrected chi connectivity index (χ3v) is 8.57. The van der Waals surface area contributed by atoms with Crippen molar-refractivity contribution >= 4 is 28.7 Å². The quantitative estimate of drug-likeness (QED) is 0.425. The zero-order valence-electron chi connectivity index (χ0n) is 22.6. The van der Waals surface area contributed by atoms with Crippen LogP contribution in [0.5, 0.6) is 11.5 Å². The summed E-state index contributed by atoms with van der Waals surface area (Å²) in [5, 5.41) is 3.14. The lowest BCUT2D eigenvalue weighted by Crippen LogP contribution is -2.75. The Morgan fingerprint density at radius 3 is 2.30 bits per heavy atom. The number of benzene rings is 2. The van der Waals surface area contributed by atoms with Crippen LogP contribution in [0.1, 0.15) is 58.1 Å². The van der Waals surface area contributed by atoms with Gasteiger partial charge in [0.15, 0.2) is 0 Å². The first kappa shape index (κ1) is 25.6. The average Bonchev–Trinajstić information content (AvgIpc) is 3.30. The molecular formula is C32H36ClN2O2+. The summed E-state index contributed by atoms with van der Waals surface area (Å²) in [7, 11) is 3.42. The lowest BCUT2D eigenvalue weighted by Gasteiger charge is -2.21. The third-order valence-electron chi connectivity index (χ3n) is 8.09. The fourth-order valence-electron chi connectivity index (χ4n) is 5.56. The number of rotatable bonds is 5. The Morgan fingerprint density at radius 2 is 1.57 bits per heavy atom. The normalized spacial score (nSPS) is 22.0. The number of quaternary nitrogens is 1. The van der Waals surface area contributed by atoms with E-state index in [1.807, 2.05) is 18.2 Å². The van der Waals surface area contributed by atoms with Crippen molar-refractivity contribution < 1.29 is 14.8 Å². The standard InChI is InChI=1S/C32H35ClN2O2/c1-31(2)24-18-22(36-5)12-14-26(24)34-28(31)16-10-20-8-7-9-21(30(20)33)11-17-29-32(3,4)25-19-23(37-6)13-15-27(25)35-29/h10-19,34H,7-9H2,1-6H3/p+1/b17-11+,20-10+,28-16-. The summed E-state index contributed by atoms with van der Waals surface area (Å²) < 4.78 is 10.9. The number of fused-ring (bicyclic) bond motifs is 2. The van der Waals surface area contributed by atoms with Crippen molar-refractivity contribution in [3.63, 3.8) is 0 Å². The number of nitrogens with two attached hydrogens (primary N) is 1. The van der Waals surface area contributed by atoms with Gasteiger partial charge in [-0.3, -0.25) is 10.3 Å². The molecule has 0 unspecified atom stereocenters. The molecule has 2 N–H and O–H groups in total. The van der Waals surface area contributed by atoms with Crippen molar-refractivity contribution in [2.45, 2.75) is 57.8 Å². The van der Waals surface area contributed by atoms with Crippen molar-refractivity contribution in [2.24, 2.45) is 4.99 Å². The van der Waals surface area contributed by atoms with E-state index in [4.69, 9.17) is 26.1 Å². The molecule has 5 rings (SSSR count). The second-order valence-corrected chi connectivity index (χ2v) is 11.4. The Hall–Kier alpha value is -3.08. The molecule has 0 bridgehead atoms. The summed E-state index contributed by atoms with van der Waals surface area (Å²) in [4.78, 5) is 4.92. The molecule has 192 valence electrons. The predicted molar refractivity (Wildman–Crippen MR) is 153 cm³/mol. The van der Waals surface area contributed by atoms with E-state index in [0.717, 1.165) is 47.2 Å². The summed E-state index contributed by atoms with van der Waals surface area (Å²) in [5.41, 5.74) is 9.17. The van der Waals surface area contributed by atoms with Crippen molar-refractivity contribution in [1.82, 2.24) is 0 Å². The highest BCUT2D eigenvalue weighted by atomic mass is 35.5.